The lowest BCUT2D eigenvalue weighted by molar-refractivity contribution is -0.168. The van der Waals surface area contributed by atoms with Gasteiger partial charge < -0.3 is 0 Å². The van der Waals surface area contributed by atoms with Gasteiger partial charge in [-0.25, -0.2) is 5.48 Å². The van der Waals surface area contributed by atoms with Crippen molar-refractivity contribution in [2.24, 2.45) is 51.2 Å². The van der Waals surface area contributed by atoms with Crippen molar-refractivity contribution in [3.05, 3.63) is 23.3 Å². The maximum Gasteiger partial charge on any atom is 0.250 e. The highest BCUT2D eigenvalue weighted by Crippen LogP contribution is 2.69. The van der Waals surface area contributed by atoms with Gasteiger partial charge in [0.05, 0.1) is 18.1 Å². The predicted octanol–water partition coefficient (Wildman–Crippen LogP) is 5.10. The molecule has 1 amide bonds. The second-order valence-electron chi connectivity index (χ2n) is 13.6. The molecule has 0 aliphatic heterocycles. The molecule has 194 valence electrons. The van der Waals surface area contributed by atoms with Gasteiger partial charge in [0.2, 0.25) is 5.91 Å². The molecular weight excluding hydrogens is 452 g/mol. The van der Waals surface area contributed by atoms with E-state index in [1.807, 2.05) is 19.1 Å². The van der Waals surface area contributed by atoms with Crippen molar-refractivity contribution in [1.82, 2.24) is 5.48 Å². The maximum atomic E-state index is 14.1. The number of Topliss-reactive ketones (excluding diaryl/α,β-unsaturated/α-hetero) is 1. The van der Waals surface area contributed by atoms with E-state index in [-0.39, 0.29) is 63.5 Å². The molecule has 3 saturated carbocycles. The van der Waals surface area contributed by atoms with Gasteiger partial charge >= 0.3 is 0 Å². The van der Waals surface area contributed by atoms with E-state index in [9.17, 15) is 19.6 Å². The monoisotopic (exact) mass is 492 g/mol. The molecule has 0 aromatic carbocycles. The molecule has 0 heterocycles. The van der Waals surface area contributed by atoms with E-state index in [2.05, 4.69) is 39.2 Å². The Morgan fingerprint density at radius 2 is 1.75 bits per heavy atom. The van der Waals surface area contributed by atoms with Gasteiger partial charge in [0.1, 0.15) is 6.07 Å². The summed E-state index contributed by atoms with van der Waals surface area (Å²) < 4.78 is 0. The van der Waals surface area contributed by atoms with E-state index in [0.29, 0.717) is 0 Å². The number of nitriles is 1. The Bertz CT molecular complexity index is 1130. The van der Waals surface area contributed by atoms with Gasteiger partial charge in [0.25, 0.3) is 0 Å². The van der Waals surface area contributed by atoms with E-state index >= 15 is 0 Å². The molecule has 8 unspecified atom stereocenters. The summed E-state index contributed by atoms with van der Waals surface area (Å²) in [5, 5.41) is 9.71. The number of ketones is 2. The fourth-order valence-electron chi connectivity index (χ4n) is 9.48. The molecule has 5 aliphatic rings. The average Bonchev–Trinajstić information content (AvgIpc) is 2.82. The molecule has 0 aromatic heterocycles. The summed E-state index contributed by atoms with van der Waals surface area (Å²) in [6.45, 7) is 10.9. The van der Waals surface area contributed by atoms with Crippen LogP contribution in [0.1, 0.15) is 79.6 Å². The van der Waals surface area contributed by atoms with Gasteiger partial charge in [-0.05, 0) is 79.6 Å². The number of fused-ring (bicyclic) bond motifs is 7. The minimum atomic E-state index is -0.579. The molecule has 1 N–H and O–H groups in total. The first-order valence-electron chi connectivity index (χ1n) is 13.6. The highest BCUT2D eigenvalue weighted by molar-refractivity contribution is 6.02. The van der Waals surface area contributed by atoms with Crippen LogP contribution >= 0.6 is 0 Å². The number of amides is 1. The van der Waals surface area contributed by atoms with Crippen LogP contribution in [0.15, 0.2) is 23.3 Å². The fourth-order valence-corrected chi connectivity index (χ4v) is 9.48. The lowest BCUT2D eigenvalue weighted by Gasteiger charge is -2.64. The Morgan fingerprint density at radius 3 is 2.42 bits per heavy atom. The summed E-state index contributed by atoms with van der Waals surface area (Å²) in [4.78, 5) is 45.5. The molecule has 8 atom stereocenters. The second-order valence-corrected chi connectivity index (χ2v) is 13.6. The lowest BCUT2D eigenvalue weighted by atomic mass is 9.39. The second kappa shape index (κ2) is 8.12. The normalized spacial score (nSPS) is 45.1. The summed E-state index contributed by atoms with van der Waals surface area (Å²) >= 11 is 0. The first-order chi connectivity index (χ1) is 16.8. The molecule has 5 aliphatic carbocycles. The molecule has 0 spiro atoms. The molecule has 0 radical (unpaired) electrons. The summed E-state index contributed by atoms with van der Waals surface area (Å²) in [5.74, 6) is -0.233. The predicted molar refractivity (Wildman–Crippen MR) is 135 cm³/mol. The molecule has 36 heavy (non-hydrogen) atoms. The van der Waals surface area contributed by atoms with Crippen molar-refractivity contribution in [3.63, 3.8) is 0 Å². The molecule has 5 rings (SSSR count). The number of hydrogen-bond acceptors (Lipinski definition) is 5. The summed E-state index contributed by atoms with van der Waals surface area (Å²) in [5.41, 5.74) is 2.78. The minimum Gasteiger partial charge on any atom is -0.295 e. The van der Waals surface area contributed by atoms with Crippen molar-refractivity contribution < 1.29 is 19.2 Å². The Hall–Kier alpha value is -2.26. The summed E-state index contributed by atoms with van der Waals surface area (Å²) in [6, 6.07) is 2.14. The number of hydrogen-bond donors (Lipinski definition) is 1. The highest BCUT2D eigenvalue weighted by Gasteiger charge is 2.65. The summed E-state index contributed by atoms with van der Waals surface area (Å²) in [7, 11) is 1.47. The number of nitrogens with zero attached hydrogens (tertiary/aromatic N) is 1. The SMILES string of the molecule is CONC(=O)C12CCC3C(C(=O)C=C4C5(C)C=C(C#N)C(=O)C(C)C5CCC43C)C1CC(C)(C)CC2. The zero-order chi connectivity index (χ0) is 26.3. The highest BCUT2D eigenvalue weighted by atomic mass is 16.6. The van der Waals surface area contributed by atoms with Crippen LogP contribution in [0, 0.1) is 62.6 Å². The van der Waals surface area contributed by atoms with Crippen LogP contribution in [0.3, 0.4) is 0 Å². The minimum absolute atomic E-state index is 0.0279. The van der Waals surface area contributed by atoms with E-state index in [1.165, 1.54) is 7.11 Å². The smallest absolute Gasteiger partial charge is 0.250 e. The molecular formula is C30H40N2O4. The Kier molecular flexibility index (Phi) is 5.73. The Labute approximate surface area is 214 Å². The average molecular weight is 493 g/mol. The topological polar surface area (TPSA) is 96.3 Å². The van der Waals surface area contributed by atoms with Crippen LogP contribution in [0.25, 0.3) is 0 Å². The van der Waals surface area contributed by atoms with E-state index in [1.54, 1.807) is 0 Å². The molecule has 6 nitrogen and oxygen atoms in total. The van der Waals surface area contributed by atoms with Crippen LogP contribution < -0.4 is 5.48 Å². The third-order valence-corrected chi connectivity index (χ3v) is 11.4. The van der Waals surface area contributed by atoms with Gasteiger partial charge in [-0.15, -0.1) is 0 Å². The van der Waals surface area contributed by atoms with Crippen LogP contribution in [-0.2, 0) is 19.2 Å². The van der Waals surface area contributed by atoms with E-state index < -0.39 is 10.8 Å². The fraction of sp³-hybridized carbons (Fsp3) is 0.733. The Morgan fingerprint density at radius 1 is 1.06 bits per heavy atom. The standard InChI is InChI=1S/C30H40N2O4/c1-17-19-7-9-28(4)20-8-10-30(26(35)32-36-6)12-11-27(2,3)15-21(30)24(20)22(33)13-23(28)29(19,5)14-18(16-31)25(17)34/h13-14,17,19-21,24H,7-12,15H2,1-6H3,(H,32,35). The number of nitrogens with one attached hydrogen (secondary N) is 1. The number of carbonyl (C=O) groups excluding carboxylic acids is 3. The third kappa shape index (κ3) is 3.27. The van der Waals surface area contributed by atoms with Gasteiger partial charge in [0.15, 0.2) is 11.6 Å². The third-order valence-electron chi connectivity index (χ3n) is 11.4. The quantitative estimate of drug-likeness (QED) is 0.541. The Balaban J connectivity index is 1.63. The number of hydroxylamine groups is 1. The molecule has 6 heteroatoms. The van der Waals surface area contributed by atoms with Crippen molar-refractivity contribution in [3.8, 4) is 6.07 Å². The number of carbonyl (C=O) groups is 3. The number of allylic oxidation sites excluding steroid dienone is 4. The largest absolute Gasteiger partial charge is 0.295 e. The van der Waals surface area contributed by atoms with Gasteiger partial charge in [-0.2, -0.15) is 5.26 Å². The van der Waals surface area contributed by atoms with Gasteiger partial charge in [0, 0.05) is 17.3 Å². The molecule has 0 saturated heterocycles. The lowest BCUT2D eigenvalue weighted by Crippen LogP contribution is -2.62. The summed E-state index contributed by atoms with van der Waals surface area (Å²) in [6.07, 6.45) is 9.74. The van der Waals surface area contributed by atoms with E-state index in [4.69, 9.17) is 4.84 Å². The van der Waals surface area contributed by atoms with E-state index in [0.717, 1.165) is 50.5 Å². The van der Waals surface area contributed by atoms with Crippen molar-refractivity contribution >= 4 is 17.5 Å². The zero-order valence-electron chi connectivity index (χ0n) is 22.6. The molecule has 3 fully saturated rings. The van der Waals surface area contributed by atoms with Crippen LogP contribution in [0.5, 0.6) is 0 Å². The number of rotatable bonds is 2. The maximum absolute atomic E-state index is 14.1. The van der Waals surface area contributed by atoms with Crippen LogP contribution in [0.2, 0.25) is 0 Å². The van der Waals surface area contributed by atoms with Crippen molar-refractivity contribution in [2.45, 2.75) is 79.6 Å². The van der Waals surface area contributed by atoms with Crippen molar-refractivity contribution in [1.29, 1.82) is 5.26 Å². The molecule has 0 aromatic rings. The zero-order valence-corrected chi connectivity index (χ0v) is 22.6. The van der Waals surface area contributed by atoms with Gasteiger partial charge in [-0.1, -0.05) is 46.3 Å². The van der Waals surface area contributed by atoms with Crippen molar-refractivity contribution in [2.75, 3.05) is 7.11 Å². The first kappa shape index (κ1) is 25.4. The van der Waals surface area contributed by atoms with Crippen LogP contribution in [-0.4, -0.2) is 24.6 Å². The first-order valence-corrected chi connectivity index (χ1v) is 13.6. The van der Waals surface area contributed by atoms with Gasteiger partial charge in [-0.3, -0.25) is 19.2 Å². The molecule has 0 bridgehead atoms. The van der Waals surface area contributed by atoms with Crippen LogP contribution in [0.4, 0.5) is 0 Å².